The number of rotatable bonds is 4. The number of carbonyl (C=O) groups excluding carboxylic acids is 1. The van der Waals surface area contributed by atoms with Crippen molar-refractivity contribution in [3.63, 3.8) is 0 Å². The lowest BCUT2D eigenvalue weighted by Gasteiger charge is -2.04. The fraction of sp³-hybridized carbons (Fsp3) is 0.333. The van der Waals surface area contributed by atoms with E-state index in [1.807, 2.05) is 0 Å². The summed E-state index contributed by atoms with van der Waals surface area (Å²) >= 11 is 0. The number of carbonyl (C=O) groups is 1. The zero-order valence-corrected chi connectivity index (χ0v) is 11.1. The van der Waals surface area contributed by atoms with Gasteiger partial charge in [-0.3, -0.25) is 9.89 Å². The quantitative estimate of drug-likeness (QED) is 0.895. The highest BCUT2D eigenvalue weighted by molar-refractivity contribution is 5.94. The molecule has 1 aliphatic carbocycles. The molecule has 3 rings (SSSR count). The second-order valence-electron chi connectivity index (χ2n) is 5.02. The van der Waals surface area contributed by atoms with Gasteiger partial charge in [0, 0.05) is 17.8 Å². The van der Waals surface area contributed by atoms with E-state index in [9.17, 15) is 9.18 Å². The molecule has 4 nitrogen and oxygen atoms in total. The predicted molar refractivity (Wildman–Crippen MR) is 73.0 cm³/mol. The van der Waals surface area contributed by atoms with Gasteiger partial charge in [-0.05, 0) is 43.4 Å². The van der Waals surface area contributed by atoms with Gasteiger partial charge >= 0.3 is 0 Å². The van der Waals surface area contributed by atoms with E-state index in [1.165, 1.54) is 12.1 Å². The number of aryl methyl sites for hydroxylation is 1. The number of fused-ring (bicyclic) bond motifs is 1. The second-order valence-corrected chi connectivity index (χ2v) is 5.02. The number of hydrogen-bond acceptors (Lipinski definition) is 2. The molecule has 20 heavy (non-hydrogen) atoms. The zero-order chi connectivity index (χ0) is 13.9. The molecule has 1 aromatic carbocycles. The van der Waals surface area contributed by atoms with E-state index in [0.717, 1.165) is 36.1 Å². The number of benzene rings is 1. The molecule has 2 aromatic rings. The lowest BCUT2D eigenvalue weighted by Crippen LogP contribution is -2.26. The number of nitrogens with zero attached hydrogens (tertiary/aromatic N) is 1. The van der Waals surface area contributed by atoms with Crippen LogP contribution in [0.1, 0.15) is 33.7 Å². The third-order valence-electron chi connectivity index (χ3n) is 3.63. The highest BCUT2D eigenvalue weighted by Gasteiger charge is 2.22. The molecule has 1 aliphatic rings. The second kappa shape index (κ2) is 5.45. The van der Waals surface area contributed by atoms with Crippen LogP contribution in [-0.2, 0) is 19.3 Å². The van der Waals surface area contributed by atoms with Crippen LogP contribution in [0.4, 0.5) is 4.39 Å². The van der Waals surface area contributed by atoms with Crippen LogP contribution in [0.15, 0.2) is 24.3 Å². The van der Waals surface area contributed by atoms with Crippen molar-refractivity contribution in [1.29, 1.82) is 0 Å². The van der Waals surface area contributed by atoms with Gasteiger partial charge in [-0.2, -0.15) is 5.10 Å². The minimum absolute atomic E-state index is 0.133. The Morgan fingerprint density at radius 1 is 1.30 bits per heavy atom. The molecule has 0 saturated carbocycles. The maximum atomic E-state index is 12.8. The van der Waals surface area contributed by atoms with E-state index in [1.54, 1.807) is 12.1 Å². The molecular weight excluding hydrogens is 257 g/mol. The van der Waals surface area contributed by atoms with E-state index in [-0.39, 0.29) is 11.7 Å². The Labute approximate surface area is 116 Å². The summed E-state index contributed by atoms with van der Waals surface area (Å²) in [6.45, 7) is 0.520. The van der Waals surface area contributed by atoms with Gasteiger partial charge in [0.2, 0.25) is 0 Å². The van der Waals surface area contributed by atoms with Crippen LogP contribution < -0.4 is 5.32 Å². The van der Waals surface area contributed by atoms with Crippen molar-refractivity contribution >= 4 is 5.91 Å². The van der Waals surface area contributed by atoms with E-state index < -0.39 is 0 Å². The number of halogens is 1. The topological polar surface area (TPSA) is 57.8 Å². The standard InChI is InChI=1S/C15H16FN3O/c16-11-6-4-10(5-7-11)8-9-17-15(20)14-12-2-1-3-13(12)18-19-14/h4-7H,1-3,8-9H2,(H,17,20)(H,18,19). The Kier molecular flexibility index (Phi) is 3.50. The zero-order valence-electron chi connectivity index (χ0n) is 11.1. The van der Waals surface area contributed by atoms with Crippen LogP contribution in [0.2, 0.25) is 0 Å². The maximum Gasteiger partial charge on any atom is 0.272 e. The summed E-state index contributed by atoms with van der Waals surface area (Å²) < 4.78 is 12.8. The Morgan fingerprint density at radius 3 is 2.90 bits per heavy atom. The number of hydrogen-bond donors (Lipinski definition) is 2. The fourth-order valence-electron chi connectivity index (χ4n) is 2.56. The van der Waals surface area contributed by atoms with Crippen molar-refractivity contribution in [3.05, 3.63) is 52.6 Å². The van der Waals surface area contributed by atoms with Crippen molar-refractivity contribution in [2.45, 2.75) is 25.7 Å². The average molecular weight is 273 g/mol. The molecule has 0 saturated heterocycles. The number of aromatic nitrogens is 2. The van der Waals surface area contributed by atoms with Gasteiger partial charge in [0.05, 0.1) is 0 Å². The van der Waals surface area contributed by atoms with Crippen molar-refractivity contribution in [3.8, 4) is 0 Å². The van der Waals surface area contributed by atoms with Crippen molar-refractivity contribution < 1.29 is 9.18 Å². The Bertz CT molecular complexity index is 619. The number of nitrogens with one attached hydrogen (secondary N) is 2. The summed E-state index contributed by atoms with van der Waals surface area (Å²) in [6, 6.07) is 6.32. The fourth-order valence-corrected chi connectivity index (χ4v) is 2.56. The molecule has 0 aliphatic heterocycles. The SMILES string of the molecule is O=C(NCCc1ccc(F)cc1)c1n[nH]c2c1CCC2. The molecule has 2 N–H and O–H groups in total. The van der Waals surface area contributed by atoms with Gasteiger partial charge in [-0.25, -0.2) is 4.39 Å². The van der Waals surface area contributed by atoms with Crippen LogP contribution in [0.25, 0.3) is 0 Å². The molecule has 0 spiro atoms. The number of H-pyrrole nitrogens is 1. The van der Waals surface area contributed by atoms with Crippen LogP contribution in [0.5, 0.6) is 0 Å². The monoisotopic (exact) mass is 273 g/mol. The van der Waals surface area contributed by atoms with Crippen LogP contribution in [-0.4, -0.2) is 22.6 Å². The lowest BCUT2D eigenvalue weighted by molar-refractivity contribution is 0.0948. The minimum atomic E-state index is -0.245. The molecule has 0 unspecified atom stereocenters. The first-order chi connectivity index (χ1) is 9.74. The Hall–Kier alpha value is -2.17. The summed E-state index contributed by atoms with van der Waals surface area (Å²) in [5, 5.41) is 9.88. The largest absolute Gasteiger partial charge is 0.350 e. The molecule has 104 valence electrons. The van der Waals surface area contributed by atoms with E-state index in [0.29, 0.717) is 18.7 Å². The van der Waals surface area contributed by atoms with Gasteiger partial charge in [0.15, 0.2) is 5.69 Å². The van der Waals surface area contributed by atoms with E-state index >= 15 is 0 Å². The number of amides is 1. The van der Waals surface area contributed by atoms with Crippen molar-refractivity contribution in [2.75, 3.05) is 6.54 Å². The highest BCUT2D eigenvalue weighted by atomic mass is 19.1. The molecular formula is C15H16FN3O. The first-order valence-corrected chi connectivity index (χ1v) is 6.83. The molecule has 1 heterocycles. The summed E-state index contributed by atoms with van der Waals surface area (Å²) in [4.78, 5) is 12.1. The van der Waals surface area contributed by atoms with Gasteiger partial charge in [-0.15, -0.1) is 0 Å². The molecule has 0 radical (unpaired) electrons. The average Bonchev–Trinajstić information content (AvgIpc) is 3.03. The third-order valence-corrected chi connectivity index (χ3v) is 3.63. The van der Waals surface area contributed by atoms with Crippen molar-refractivity contribution in [1.82, 2.24) is 15.5 Å². The van der Waals surface area contributed by atoms with Crippen molar-refractivity contribution in [2.24, 2.45) is 0 Å². The summed E-state index contributed by atoms with van der Waals surface area (Å²) in [7, 11) is 0. The smallest absolute Gasteiger partial charge is 0.272 e. The van der Waals surface area contributed by atoms with Gasteiger partial charge in [-0.1, -0.05) is 12.1 Å². The maximum absolute atomic E-state index is 12.8. The molecule has 0 fully saturated rings. The highest BCUT2D eigenvalue weighted by Crippen LogP contribution is 2.22. The normalized spacial score (nSPS) is 13.2. The molecule has 0 bridgehead atoms. The van der Waals surface area contributed by atoms with Crippen LogP contribution in [0, 0.1) is 5.82 Å². The minimum Gasteiger partial charge on any atom is -0.350 e. The molecule has 1 amide bonds. The summed E-state index contributed by atoms with van der Waals surface area (Å²) in [6.07, 6.45) is 3.66. The predicted octanol–water partition coefficient (Wildman–Crippen LogP) is 2.01. The van der Waals surface area contributed by atoms with Crippen LogP contribution >= 0.6 is 0 Å². The molecule has 5 heteroatoms. The lowest BCUT2D eigenvalue weighted by atomic mass is 10.1. The first-order valence-electron chi connectivity index (χ1n) is 6.83. The Balaban J connectivity index is 1.55. The van der Waals surface area contributed by atoms with Crippen LogP contribution in [0.3, 0.4) is 0 Å². The number of aromatic amines is 1. The summed E-state index contributed by atoms with van der Waals surface area (Å²) in [5.41, 5.74) is 3.67. The Morgan fingerprint density at radius 2 is 2.10 bits per heavy atom. The molecule has 0 atom stereocenters. The summed E-state index contributed by atoms with van der Waals surface area (Å²) in [5.74, 6) is -0.378. The van der Waals surface area contributed by atoms with Gasteiger partial charge < -0.3 is 5.32 Å². The first kappa shape index (κ1) is 12.8. The van der Waals surface area contributed by atoms with Gasteiger partial charge in [0.1, 0.15) is 5.82 Å². The third kappa shape index (κ3) is 2.57. The van der Waals surface area contributed by atoms with E-state index in [2.05, 4.69) is 15.5 Å². The van der Waals surface area contributed by atoms with Gasteiger partial charge in [0.25, 0.3) is 5.91 Å². The molecule has 1 aromatic heterocycles. The van der Waals surface area contributed by atoms with E-state index in [4.69, 9.17) is 0 Å².